The summed E-state index contributed by atoms with van der Waals surface area (Å²) in [6.07, 6.45) is 2.05. The van der Waals surface area contributed by atoms with Gasteiger partial charge in [-0.05, 0) is 48.7 Å². The van der Waals surface area contributed by atoms with Gasteiger partial charge in [0.2, 0.25) is 0 Å². The van der Waals surface area contributed by atoms with E-state index in [0.29, 0.717) is 11.6 Å². The molecular weight excluding hydrogens is 266 g/mol. The van der Waals surface area contributed by atoms with Gasteiger partial charge in [0.1, 0.15) is 5.75 Å². The molecule has 0 aliphatic rings. The lowest BCUT2D eigenvalue weighted by Gasteiger charge is -2.09. The molecule has 0 spiro atoms. The maximum absolute atomic E-state index is 9.69. The predicted octanol–water partition coefficient (Wildman–Crippen LogP) is 4.38. The number of hydrogen-bond acceptors (Lipinski definition) is 3. The molecule has 18 heavy (non-hydrogen) atoms. The topological polar surface area (TPSA) is 32.3 Å². The Morgan fingerprint density at radius 2 is 1.89 bits per heavy atom. The van der Waals surface area contributed by atoms with E-state index in [1.807, 2.05) is 18.4 Å². The SMILES string of the molecule is CSc1ccc(NCc2cc(Cl)ccc2O)cc1. The molecule has 0 bridgehead atoms. The summed E-state index contributed by atoms with van der Waals surface area (Å²) in [4.78, 5) is 1.23. The fourth-order valence-corrected chi connectivity index (χ4v) is 2.20. The molecule has 0 radical (unpaired) electrons. The van der Waals surface area contributed by atoms with Gasteiger partial charge < -0.3 is 10.4 Å². The second-order valence-corrected chi connectivity index (χ2v) is 5.17. The van der Waals surface area contributed by atoms with Crippen LogP contribution in [0.25, 0.3) is 0 Å². The Labute approximate surface area is 116 Å². The van der Waals surface area contributed by atoms with Crippen LogP contribution in [-0.4, -0.2) is 11.4 Å². The van der Waals surface area contributed by atoms with E-state index >= 15 is 0 Å². The molecule has 2 aromatic rings. The quantitative estimate of drug-likeness (QED) is 0.815. The van der Waals surface area contributed by atoms with Crippen molar-refractivity contribution in [1.29, 1.82) is 0 Å². The van der Waals surface area contributed by atoms with Crippen LogP contribution in [-0.2, 0) is 6.54 Å². The van der Waals surface area contributed by atoms with Crippen LogP contribution in [0.2, 0.25) is 5.02 Å². The van der Waals surface area contributed by atoms with Gasteiger partial charge in [0.05, 0.1) is 0 Å². The van der Waals surface area contributed by atoms with E-state index in [1.165, 1.54) is 4.90 Å². The van der Waals surface area contributed by atoms with Crippen molar-refractivity contribution in [2.45, 2.75) is 11.4 Å². The van der Waals surface area contributed by atoms with Crippen molar-refractivity contribution in [3.8, 4) is 5.75 Å². The molecule has 0 atom stereocenters. The summed E-state index contributed by atoms with van der Waals surface area (Å²) in [7, 11) is 0. The van der Waals surface area contributed by atoms with Crippen molar-refractivity contribution in [3.05, 3.63) is 53.1 Å². The van der Waals surface area contributed by atoms with Crippen LogP contribution in [0.15, 0.2) is 47.4 Å². The second-order valence-electron chi connectivity index (χ2n) is 3.86. The minimum absolute atomic E-state index is 0.257. The van der Waals surface area contributed by atoms with Crippen molar-refractivity contribution < 1.29 is 5.11 Å². The van der Waals surface area contributed by atoms with E-state index in [0.717, 1.165) is 11.3 Å². The highest BCUT2D eigenvalue weighted by atomic mass is 35.5. The van der Waals surface area contributed by atoms with Gasteiger partial charge in [0, 0.05) is 27.7 Å². The molecule has 0 fully saturated rings. The van der Waals surface area contributed by atoms with Crippen molar-refractivity contribution in [2.75, 3.05) is 11.6 Å². The molecule has 2 N–H and O–H groups in total. The lowest BCUT2D eigenvalue weighted by molar-refractivity contribution is 0.469. The number of nitrogens with one attached hydrogen (secondary N) is 1. The molecule has 0 saturated heterocycles. The first-order valence-electron chi connectivity index (χ1n) is 5.54. The fraction of sp³-hybridized carbons (Fsp3) is 0.143. The predicted molar refractivity (Wildman–Crippen MR) is 78.7 cm³/mol. The molecule has 0 saturated carbocycles. The molecule has 0 aromatic heterocycles. The average molecular weight is 280 g/mol. The van der Waals surface area contributed by atoms with Crippen LogP contribution in [0.4, 0.5) is 5.69 Å². The van der Waals surface area contributed by atoms with Gasteiger partial charge in [-0.25, -0.2) is 0 Å². The zero-order valence-corrected chi connectivity index (χ0v) is 11.6. The molecule has 2 aromatic carbocycles. The molecular formula is C14H14ClNOS. The van der Waals surface area contributed by atoms with Gasteiger partial charge in [-0.2, -0.15) is 0 Å². The third-order valence-corrected chi connectivity index (χ3v) is 3.59. The number of halogens is 1. The number of benzene rings is 2. The molecule has 0 aliphatic carbocycles. The van der Waals surface area contributed by atoms with Gasteiger partial charge in [-0.15, -0.1) is 11.8 Å². The summed E-state index contributed by atoms with van der Waals surface area (Å²) in [5, 5.41) is 13.6. The average Bonchev–Trinajstić information content (AvgIpc) is 2.40. The van der Waals surface area contributed by atoms with Crippen molar-refractivity contribution in [1.82, 2.24) is 0 Å². The van der Waals surface area contributed by atoms with Gasteiger partial charge in [-0.3, -0.25) is 0 Å². The van der Waals surface area contributed by atoms with Crippen LogP contribution in [0, 0.1) is 0 Å². The second kappa shape index (κ2) is 6.03. The zero-order valence-electron chi connectivity index (χ0n) is 9.98. The number of anilines is 1. The van der Waals surface area contributed by atoms with Gasteiger partial charge in [0.15, 0.2) is 0 Å². The summed E-state index contributed by atoms with van der Waals surface area (Å²) in [5.41, 5.74) is 1.81. The Balaban J connectivity index is 2.04. The van der Waals surface area contributed by atoms with E-state index < -0.39 is 0 Å². The Bertz CT molecular complexity index is 528. The smallest absolute Gasteiger partial charge is 0.120 e. The maximum atomic E-state index is 9.69. The van der Waals surface area contributed by atoms with Crippen LogP contribution in [0.3, 0.4) is 0 Å². The first-order chi connectivity index (χ1) is 8.69. The molecule has 0 heterocycles. The van der Waals surface area contributed by atoms with Crippen LogP contribution in [0.5, 0.6) is 5.75 Å². The Kier molecular flexibility index (Phi) is 4.39. The molecule has 0 unspecified atom stereocenters. The molecule has 0 aliphatic heterocycles. The number of thioether (sulfide) groups is 1. The van der Waals surface area contributed by atoms with Crippen LogP contribution >= 0.6 is 23.4 Å². The summed E-state index contributed by atoms with van der Waals surface area (Å²) < 4.78 is 0. The van der Waals surface area contributed by atoms with Crippen molar-refractivity contribution in [2.24, 2.45) is 0 Å². The largest absolute Gasteiger partial charge is 0.508 e. The van der Waals surface area contributed by atoms with Gasteiger partial charge in [0.25, 0.3) is 0 Å². The molecule has 4 heteroatoms. The minimum Gasteiger partial charge on any atom is -0.508 e. The third kappa shape index (κ3) is 3.34. The maximum Gasteiger partial charge on any atom is 0.120 e. The van der Waals surface area contributed by atoms with Crippen LogP contribution < -0.4 is 5.32 Å². The molecule has 94 valence electrons. The minimum atomic E-state index is 0.257. The normalized spacial score (nSPS) is 10.3. The Morgan fingerprint density at radius 1 is 1.17 bits per heavy atom. The van der Waals surface area contributed by atoms with Gasteiger partial charge >= 0.3 is 0 Å². The lowest BCUT2D eigenvalue weighted by Crippen LogP contribution is -1.99. The monoisotopic (exact) mass is 279 g/mol. The highest BCUT2D eigenvalue weighted by molar-refractivity contribution is 7.98. The number of hydrogen-bond donors (Lipinski definition) is 2. The van der Waals surface area contributed by atoms with Gasteiger partial charge in [-0.1, -0.05) is 11.6 Å². The lowest BCUT2D eigenvalue weighted by atomic mass is 10.2. The first kappa shape index (κ1) is 13.1. The Morgan fingerprint density at radius 3 is 2.56 bits per heavy atom. The third-order valence-electron chi connectivity index (χ3n) is 2.61. The summed E-state index contributed by atoms with van der Waals surface area (Å²) in [5.74, 6) is 0.257. The fourth-order valence-electron chi connectivity index (χ4n) is 1.60. The highest BCUT2D eigenvalue weighted by Crippen LogP contribution is 2.23. The summed E-state index contributed by atoms with van der Waals surface area (Å²) in [6.45, 7) is 0.547. The van der Waals surface area contributed by atoms with Crippen molar-refractivity contribution >= 4 is 29.1 Å². The number of rotatable bonds is 4. The van der Waals surface area contributed by atoms with E-state index in [9.17, 15) is 5.11 Å². The van der Waals surface area contributed by atoms with E-state index in [2.05, 4.69) is 17.4 Å². The molecule has 2 rings (SSSR count). The highest BCUT2D eigenvalue weighted by Gasteiger charge is 2.02. The van der Waals surface area contributed by atoms with E-state index in [-0.39, 0.29) is 5.75 Å². The first-order valence-corrected chi connectivity index (χ1v) is 7.14. The summed E-state index contributed by atoms with van der Waals surface area (Å²) in [6, 6.07) is 13.2. The number of aromatic hydroxyl groups is 1. The number of phenolic OH excluding ortho intramolecular Hbond substituents is 1. The Hall–Kier alpha value is -1.32. The zero-order chi connectivity index (χ0) is 13.0. The van der Waals surface area contributed by atoms with E-state index in [4.69, 9.17) is 11.6 Å². The summed E-state index contributed by atoms with van der Waals surface area (Å²) >= 11 is 7.61. The van der Waals surface area contributed by atoms with E-state index in [1.54, 1.807) is 30.0 Å². The van der Waals surface area contributed by atoms with Crippen molar-refractivity contribution in [3.63, 3.8) is 0 Å². The molecule has 0 amide bonds. The van der Waals surface area contributed by atoms with Crippen LogP contribution in [0.1, 0.15) is 5.56 Å². The standard InChI is InChI=1S/C14H14ClNOS/c1-18-13-5-3-12(4-6-13)16-9-10-8-11(15)2-7-14(10)17/h2-8,16-17H,9H2,1H3. The number of phenols is 1. The molecule has 2 nitrogen and oxygen atoms in total.